The van der Waals surface area contributed by atoms with Crippen LogP contribution < -0.4 is 14.8 Å². The summed E-state index contributed by atoms with van der Waals surface area (Å²) in [4.78, 5) is 12.0. The van der Waals surface area contributed by atoms with E-state index in [4.69, 9.17) is 21.1 Å². The van der Waals surface area contributed by atoms with Gasteiger partial charge in [-0.15, -0.1) is 0 Å². The van der Waals surface area contributed by atoms with Crippen molar-refractivity contribution in [1.82, 2.24) is 4.72 Å². The van der Waals surface area contributed by atoms with Gasteiger partial charge < -0.3 is 14.8 Å². The second kappa shape index (κ2) is 10.0. The number of anilines is 1. The van der Waals surface area contributed by atoms with E-state index < -0.39 is 10.0 Å². The summed E-state index contributed by atoms with van der Waals surface area (Å²) < 4.78 is 37.6. The molecule has 0 saturated heterocycles. The summed E-state index contributed by atoms with van der Waals surface area (Å²) >= 11 is 9.42. The van der Waals surface area contributed by atoms with Gasteiger partial charge in [-0.05, 0) is 46.3 Å². The molecule has 146 valence electrons. The molecular formula is C17H18BrClN2O5S. The topological polar surface area (TPSA) is 93.7 Å². The average Bonchev–Trinajstić information content (AvgIpc) is 2.62. The Kier molecular flexibility index (Phi) is 8.06. The van der Waals surface area contributed by atoms with Crippen LogP contribution >= 0.6 is 27.5 Å². The molecule has 10 heteroatoms. The van der Waals surface area contributed by atoms with Gasteiger partial charge in [-0.3, -0.25) is 4.79 Å². The first-order valence-electron chi connectivity index (χ1n) is 7.79. The van der Waals surface area contributed by atoms with Crippen molar-refractivity contribution in [2.24, 2.45) is 0 Å². The number of methoxy groups -OCH3 is 1. The average molecular weight is 478 g/mol. The molecule has 7 nitrogen and oxygen atoms in total. The standard InChI is InChI=1S/C17H18BrClN2O5S/c1-25-9-8-20-27(23,24)12-6-7-16(14(19)10-12)26-11-17(22)21-15-5-3-2-4-13(15)18/h2-7,10,20H,8-9,11H2,1H3,(H,21,22). The Bertz CT molecular complexity index is 908. The minimum Gasteiger partial charge on any atom is -0.482 e. The molecule has 0 spiro atoms. The number of benzene rings is 2. The van der Waals surface area contributed by atoms with Crippen LogP contribution in [0.4, 0.5) is 5.69 Å². The van der Waals surface area contributed by atoms with Crippen LogP contribution in [0.5, 0.6) is 5.75 Å². The van der Waals surface area contributed by atoms with Gasteiger partial charge in [-0.1, -0.05) is 23.7 Å². The number of nitrogens with one attached hydrogen (secondary N) is 2. The number of hydrogen-bond acceptors (Lipinski definition) is 5. The first-order chi connectivity index (χ1) is 12.8. The van der Waals surface area contributed by atoms with Gasteiger partial charge in [0, 0.05) is 18.1 Å². The molecule has 0 aromatic heterocycles. The second-order valence-corrected chi connectivity index (χ2v) is 8.33. The van der Waals surface area contributed by atoms with E-state index in [0.717, 1.165) is 4.47 Å². The normalized spacial score (nSPS) is 11.2. The number of sulfonamides is 1. The highest BCUT2D eigenvalue weighted by Crippen LogP contribution is 2.27. The van der Waals surface area contributed by atoms with E-state index in [-0.39, 0.29) is 41.3 Å². The number of rotatable bonds is 9. The molecule has 0 bridgehead atoms. The van der Waals surface area contributed by atoms with Crippen LogP contribution in [-0.4, -0.2) is 41.2 Å². The molecule has 2 aromatic carbocycles. The van der Waals surface area contributed by atoms with Crippen molar-refractivity contribution in [2.75, 3.05) is 32.2 Å². The minimum atomic E-state index is -3.70. The van der Waals surface area contributed by atoms with Gasteiger partial charge in [-0.2, -0.15) is 0 Å². The Labute approximate surface area is 171 Å². The SMILES string of the molecule is COCCNS(=O)(=O)c1ccc(OCC(=O)Nc2ccccc2Br)c(Cl)c1. The first-order valence-corrected chi connectivity index (χ1v) is 10.4. The Morgan fingerprint density at radius 3 is 2.63 bits per heavy atom. The lowest BCUT2D eigenvalue weighted by atomic mass is 10.3. The fourth-order valence-corrected chi connectivity index (χ4v) is 3.74. The molecule has 0 aliphatic rings. The third-order valence-corrected chi connectivity index (χ3v) is 5.76. The zero-order valence-corrected chi connectivity index (χ0v) is 17.5. The fraction of sp³-hybridized carbons (Fsp3) is 0.235. The number of halogens is 2. The van der Waals surface area contributed by atoms with Crippen LogP contribution in [-0.2, 0) is 19.6 Å². The molecule has 2 N–H and O–H groups in total. The van der Waals surface area contributed by atoms with Gasteiger partial charge >= 0.3 is 0 Å². The van der Waals surface area contributed by atoms with Crippen LogP contribution in [0.1, 0.15) is 0 Å². The monoisotopic (exact) mass is 476 g/mol. The molecule has 1 amide bonds. The van der Waals surface area contributed by atoms with E-state index in [0.29, 0.717) is 5.69 Å². The van der Waals surface area contributed by atoms with E-state index in [2.05, 4.69) is 26.0 Å². The number of amides is 1. The summed E-state index contributed by atoms with van der Waals surface area (Å²) in [5.41, 5.74) is 0.612. The predicted octanol–water partition coefficient (Wildman–Crippen LogP) is 3.04. The van der Waals surface area contributed by atoms with Crippen LogP contribution in [0, 0.1) is 0 Å². The van der Waals surface area contributed by atoms with Crippen molar-refractivity contribution in [3.05, 3.63) is 52.0 Å². The zero-order chi connectivity index (χ0) is 19.9. The quantitative estimate of drug-likeness (QED) is 0.542. The summed E-state index contributed by atoms with van der Waals surface area (Å²) in [6, 6.07) is 11.2. The highest BCUT2D eigenvalue weighted by atomic mass is 79.9. The van der Waals surface area contributed by atoms with E-state index in [1.807, 2.05) is 6.07 Å². The first kappa shape index (κ1) is 21.6. The van der Waals surface area contributed by atoms with Gasteiger partial charge in [0.05, 0.1) is 22.2 Å². The molecule has 0 aliphatic heterocycles. The highest BCUT2D eigenvalue weighted by molar-refractivity contribution is 9.10. The third kappa shape index (κ3) is 6.47. The van der Waals surface area contributed by atoms with E-state index in [9.17, 15) is 13.2 Å². The maximum Gasteiger partial charge on any atom is 0.262 e. The van der Waals surface area contributed by atoms with Crippen molar-refractivity contribution in [2.45, 2.75) is 4.90 Å². The molecule has 0 unspecified atom stereocenters. The van der Waals surface area contributed by atoms with E-state index in [1.54, 1.807) is 18.2 Å². The Morgan fingerprint density at radius 2 is 1.96 bits per heavy atom. The van der Waals surface area contributed by atoms with Gasteiger partial charge in [0.25, 0.3) is 5.91 Å². The summed E-state index contributed by atoms with van der Waals surface area (Å²) in [6.07, 6.45) is 0. The van der Waals surface area contributed by atoms with Crippen molar-refractivity contribution in [1.29, 1.82) is 0 Å². The molecule has 0 radical (unpaired) electrons. The summed E-state index contributed by atoms with van der Waals surface area (Å²) in [6.45, 7) is 0.115. The highest BCUT2D eigenvalue weighted by Gasteiger charge is 2.16. The fourth-order valence-electron chi connectivity index (χ4n) is 2.02. The summed E-state index contributed by atoms with van der Waals surface area (Å²) in [7, 11) is -2.23. The largest absolute Gasteiger partial charge is 0.482 e. The number of carbonyl (C=O) groups excluding carboxylic acids is 1. The lowest BCUT2D eigenvalue weighted by Crippen LogP contribution is -2.27. The minimum absolute atomic E-state index is 0.00591. The van der Waals surface area contributed by atoms with E-state index >= 15 is 0 Å². The molecule has 2 aromatic rings. The molecule has 27 heavy (non-hydrogen) atoms. The number of para-hydroxylation sites is 1. The van der Waals surface area contributed by atoms with Gasteiger partial charge in [0.15, 0.2) is 6.61 Å². The lowest BCUT2D eigenvalue weighted by molar-refractivity contribution is -0.118. The predicted molar refractivity (Wildman–Crippen MR) is 107 cm³/mol. The van der Waals surface area contributed by atoms with Gasteiger partial charge in [-0.25, -0.2) is 13.1 Å². The van der Waals surface area contributed by atoms with Crippen LogP contribution in [0.3, 0.4) is 0 Å². The summed E-state index contributed by atoms with van der Waals surface area (Å²) in [5.74, 6) is -0.175. The van der Waals surface area contributed by atoms with E-state index in [1.165, 1.54) is 25.3 Å². The number of ether oxygens (including phenoxy) is 2. The number of carbonyl (C=O) groups is 1. The molecular weight excluding hydrogens is 460 g/mol. The van der Waals surface area contributed by atoms with Gasteiger partial charge in [0.1, 0.15) is 5.75 Å². The zero-order valence-electron chi connectivity index (χ0n) is 14.4. The smallest absolute Gasteiger partial charge is 0.262 e. The molecule has 0 heterocycles. The summed E-state index contributed by atoms with van der Waals surface area (Å²) in [5, 5.41) is 2.77. The van der Waals surface area contributed by atoms with Crippen molar-refractivity contribution in [3.8, 4) is 5.75 Å². The lowest BCUT2D eigenvalue weighted by Gasteiger charge is -2.11. The molecule has 2 rings (SSSR count). The molecule has 0 atom stereocenters. The van der Waals surface area contributed by atoms with Crippen LogP contribution in [0.15, 0.2) is 51.8 Å². The van der Waals surface area contributed by atoms with Crippen molar-refractivity contribution < 1.29 is 22.7 Å². The molecule has 0 saturated carbocycles. The van der Waals surface area contributed by atoms with Crippen molar-refractivity contribution in [3.63, 3.8) is 0 Å². The Morgan fingerprint density at radius 1 is 1.22 bits per heavy atom. The molecule has 0 fully saturated rings. The maximum absolute atomic E-state index is 12.1. The maximum atomic E-state index is 12.1. The third-order valence-electron chi connectivity index (χ3n) is 3.32. The van der Waals surface area contributed by atoms with Crippen molar-refractivity contribution >= 4 is 49.1 Å². The Balaban J connectivity index is 1.97. The van der Waals surface area contributed by atoms with Crippen LogP contribution in [0.25, 0.3) is 0 Å². The number of hydrogen-bond donors (Lipinski definition) is 2. The second-order valence-electron chi connectivity index (χ2n) is 5.30. The Hall–Kier alpha value is -1.65. The van der Waals surface area contributed by atoms with Gasteiger partial charge in [0.2, 0.25) is 10.0 Å². The molecule has 0 aliphatic carbocycles. The van der Waals surface area contributed by atoms with Crippen LogP contribution in [0.2, 0.25) is 5.02 Å².